The summed E-state index contributed by atoms with van der Waals surface area (Å²) in [6.07, 6.45) is 5.09. The predicted molar refractivity (Wildman–Crippen MR) is 120 cm³/mol. The van der Waals surface area contributed by atoms with Crippen LogP contribution in [0, 0.1) is 0 Å². The highest BCUT2D eigenvalue weighted by Crippen LogP contribution is 2.43. The molecule has 2 N–H and O–H groups in total. The molecule has 3 nitrogen and oxygen atoms in total. The number of benzene rings is 2. The Kier molecular flexibility index (Phi) is 5.04. The maximum Gasteiger partial charge on any atom is 0.227 e. The van der Waals surface area contributed by atoms with Crippen molar-refractivity contribution >= 4 is 39.4 Å². The van der Waals surface area contributed by atoms with Crippen LogP contribution in [0.25, 0.3) is 33.6 Å². The molecule has 28 heavy (non-hydrogen) atoms. The molecule has 2 aromatic carbocycles. The third-order valence-corrected chi connectivity index (χ3v) is 5.98. The van der Waals surface area contributed by atoms with Crippen LogP contribution >= 0.6 is 28.3 Å². The number of aromatic nitrogens is 1. The Labute approximate surface area is 178 Å². The molecule has 0 atom stereocenters. The van der Waals surface area contributed by atoms with Gasteiger partial charge >= 0.3 is 0 Å². The van der Waals surface area contributed by atoms with Gasteiger partial charge in [0, 0.05) is 32.7 Å². The molecule has 0 unspecified atom stereocenters. The Morgan fingerprint density at radius 2 is 1.68 bits per heavy atom. The van der Waals surface area contributed by atoms with Crippen LogP contribution in [0.3, 0.4) is 0 Å². The molecule has 0 radical (unpaired) electrons. The molecule has 0 aliphatic heterocycles. The Bertz CT molecular complexity index is 1120. The molecule has 0 saturated heterocycles. The summed E-state index contributed by atoms with van der Waals surface area (Å²) in [4.78, 5) is 4.46. The van der Waals surface area contributed by atoms with Gasteiger partial charge in [-0.1, -0.05) is 54.6 Å². The predicted octanol–water partition coefficient (Wildman–Crippen LogP) is 6.68. The standard InChI is InChI=1S/C23H19BrN2O.ClH/c24-18-13-19-20(15-5-2-1-3-6-15)21(27-22(19)26-14-18)16-7-9-17(10-8-16)23(25)11-4-12-23;/h1-3,5-10,13-14H,4,11-12,25H2;1H. The summed E-state index contributed by atoms with van der Waals surface area (Å²) in [7, 11) is 0. The maximum absolute atomic E-state index is 6.47. The monoisotopic (exact) mass is 454 g/mol. The molecule has 5 heteroatoms. The molecule has 1 fully saturated rings. The van der Waals surface area contributed by atoms with Crippen LogP contribution in [0.4, 0.5) is 0 Å². The molecule has 1 aliphatic carbocycles. The molecule has 4 aromatic rings. The number of pyridine rings is 1. The number of nitrogens with two attached hydrogens (primary N) is 1. The second-order valence-electron chi connectivity index (χ2n) is 7.27. The van der Waals surface area contributed by atoms with Crippen molar-refractivity contribution in [3.05, 3.63) is 76.9 Å². The average molecular weight is 456 g/mol. The Morgan fingerprint density at radius 1 is 0.964 bits per heavy atom. The van der Waals surface area contributed by atoms with Gasteiger partial charge in [0.05, 0.1) is 0 Å². The minimum absolute atomic E-state index is 0. The summed E-state index contributed by atoms with van der Waals surface area (Å²) < 4.78 is 7.13. The van der Waals surface area contributed by atoms with Crippen LogP contribution in [0.1, 0.15) is 24.8 Å². The molecule has 0 amide bonds. The first kappa shape index (κ1) is 19.2. The average Bonchev–Trinajstić information content (AvgIpc) is 3.05. The molecule has 1 aliphatic rings. The number of halogens is 2. The van der Waals surface area contributed by atoms with Gasteiger partial charge < -0.3 is 10.2 Å². The molecular formula is C23H20BrClN2O. The van der Waals surface area contributed by atoms with Crippen LogP contribution in [0.15, 0.2) is 75.8 Å². The van der Waals surface area contributed by atoms with Crippen LogP contribution in [-0.2, 0) is 5.54 Å². The third kappa shape index (κ3) is 3.16. The lowest BCUT2D eigenvalue weighted by atomic mass is 9.72. The second kappa shape index (κ2) is 7.36. The van der Waals surface area contributed by atoms with E-state index in [9.17, 15) is 0 Å². The van der Waals surface area contributed by atoms with Crippen LogP contribution in [0.2, 0.25) is 0 Å². The lowest BCUT2D eigenvalue weighted by Crippen LogP contribution is -2.43. The zero-order chi connectivity index (χ0) is 18.4. The van der Waals surface area contributed by atoms with Gasteiger partial charge in [0.1, 0.15) is 5.76 Å². The van der Waals surface area contributed by atoms with E-state index in [4.69, 9.17) is 10.2 Å². The van der Waals surface area contributed by atoms with Gasteiger partial charge in [0.15, 0.2) is 0 Å². The molecule has 1 saturated carbocycles. The van der Waals surface area contributed by atoms with Gasteiger partial charge in [-0.05, 0) is 52.4 Å². The number of rotatable bonds is 3. The fraction of sp³-hybridized carbons (Fsp3) is 0.174. The Hall–Kier alpha value is -2.14. The van der Waals surface area contributed by atoms with E-state index in [1.54, 1.807) is 6.20 Å². The van der Waals surface area contributed by atoms with E-state index >= 15 is 0 Å². The summed E-state index contributed by atoms with van der Waals surface area (Å²) in [5.74, 6) is 0.841. The molecule has 142 valence electrons. The van der Waals surface area contributed by atoms with Crippen molar-refractivity contribution in [3.8, 4) is 22.5 Å². The minimum atomic E-state index is -0.152. The zero-order valence-electron chi connectivity index (χ0n) is 15.2. The molecular weight excluding hydrogens is 436 g/mol. The Balaban J connectivity index is 0.00000192. The van der Waals surface area contributed by atoms with Crippen LogP contribution in [-0.4, -0.2) is 4.98 Å². The van der Waals surface area contributed by atoms with Crippen molar-refractivity contribution in [2.24, 2.45) is 5.73 Å². The summed E-state index contributed by atoms with van der Waals surface area (Å²) in [5.41, 5.74) is 11.4. The van der Waals surface area contributed by atoms with E-state index in [1.165, 1.54) is 12.0 Å². The zero-order valence-corrected chi connectivity index (χ0v) is 17.6. The Morgan fingerprint density at radius 3 is 2.32 bits per heavy atom. The highest BCUT2D eigenvalue weighted by molar-refractivity contribution is 9.10. The van der Waals surface area contributed by atoms with Gasteiger partial charge in [-0.3, -0.25) is 0 Å². The lowest BCUT2D eigenvalue weighted by molar-refractivity contribution is 0.253. The summed E-state index contributed by atoms with van der Waals surface area (Å²) in [5, 5.41) is 1.00. The van der Waals surface area contributed by atoms with E-state index in [0.29, 0.717) is 5.71 Å². The summed E-state index contributed by atoms with van der Waals surface area (Å²) in [6, 6.07) is 20.9. The minimum Gasteiger partial charge on any atom is -0.437 e. The van der Waals surface area contributed by atoms with Gasteiger partial charge in [0.25, 0.3) is 0 Å². The first-order chi connectivity index (χ1) is 13.1. The number of furan rings is 1. The van der Waals surface area contributed by atoms with Gasteiger partial charge in [-0.25, -0.2) is 4.98 Å². The lowest BCUT2D eigenvalue weighted by Gasteiger charge is -2.38. The molecule has 0 bridgehead atoms. The smallest absolute Gasteiger partial charge is 0.227 e. The fourth-order valence-electron chi connectivity index (χ4n) is 3.85. The first-order valence-electron chi connectivity index (χ1n) is 9.17. The van der Waals surface area contributed by atoms with Crippen molar-refractivity contribution in [1.82, 2.24) is 4.98 Å². The van der Waals surface area contributed by atoms with Crippen molar-refractivity contribution < 1.29 is 4.42 Å². The van der Waals surface area contributed by atoms with Crippen LogP contribution in [0.5, 0.6) is 0 Å². The van der Waals surface area contributed by atoms with E-state index < -0.39 is 0 Å². The third-order valence-electron chi connectivity index (χ3n) is 5.54. The van der Waals surface area contributed by atoms with Crippen molar-refractivity contribution in [3.63, 3.8) is 0 Å². The molecule has 0 spiro atoms. The van der Waals surface area contributed by atoms with E-state index in [2.05, 4.69) is 63.4 Å². The number of nitrogens with zero attached hydrogens (tertiary/aromatic N) is 1. The SMILES string of the molecule is Cl.NC1(c2ccc(-c3oc4ncc(Br)cc4c3-c3ccccc3)cc2)CCC1. The second-order valence-corrected chi connectivity index (χ2v) is 8.18. The highest BCUT2D eigenvalue weighted by Gasteiger charge is 2.34. The van der Waals surface area contributed by atoms with Gasteiger partial charge in [-0.15, -0.1) is 12.4 Å². The molecule has 2 aromatic heterocycles. The van der Waals surface area contributed by atoms with Crippen LogP contribution < -0.4 is 5.73 Å². The van der Waals surface area contributed by atoms with Crippen molar-refractivity contribution in [1.29, 1.82) is 0 Å². The number of hydrogen-bond acceptors (Lipinski definition) is 3. The molecule has 5 rings (SSSR count). The van der Waals surface area contributed by atoms with Gasteiger partial charge in [0.2, 0.25) is 5.71 Å². The summed E-state index contributed by atoms with van der Waals surface area (Å²) in [6.45, 7) is 0. The van der Waals surface area contributed by atoms with E-state index in [0.717, 1.165) is 45.2 Å². The fourth-order valence-corrected chi connectivity index (χ4v) is 4.18. The van der Waals surface area contributed by atoms with Crippen molar-refractivity contribution in [2.75, 3.05) is 0 Å². The maximum atomic E-state index is 6.47. The topological polar surface area (TPSA) is 52.0 Å². The quantitative estimate of drug-likeness (QED) is 0.374. The summed E-state index contributed by atoms with van der Waals surface area (Å²) >= 11 is 3.53. The van der Waals surface area contributed by atoms with Crippen molar-refractivity contribution in [2.45, 2.75) is 24.8 Å². The van der Waals surface area contributed by atoms with Gasteiger partial charge in [-0.2, -0.15) is 0 Å². The normalized spacial score (nSPS) is 15.1. The largest absolute Gasteiger partial charge is 0.437 e. The first-order valence-corrected chi connectivity index (χ1v) is 9.97. The van der Waals surface area contributed by atoms with E-state index in [-0.39, 0.29) is 17.9 Å². The number of fused-ring (bicyclic) bond motifs is 1. The number of hydrogen-bond donors (Lipinski definition) is 1. The highest BCUT2D eigenvalue weighted by atomic mass is 79.9. The molecule has 2 heterocycles. The van der Waals surface area contributed by atoms with E-state index in [1.807, 2.05) is 18.2 Å².